The summed E-state index contributed by atoms with van der Waals surface area (Å²) in [4.78, 5) is 34.4. The van der Waals surface area contributed by atoms with Crippen LogP contribution >= 0.6 is 0 Å². The van der Waals surface area contributed by atoms with Crippen LogP contribution in [0.3, 0.4) is 0 Å². The average molecular weight is 403 g/mol. The lowest BCUT2D eigenvalue weighted by Gasteiger charge is -2.09. The fourth-order valence-corrected chi connectivity index (χ4v) is 2.61. The molecule has 0 saturated heterocycles. The molecule has 0 fully saturated rings. The Morgan fingerprint density at radius 3 is 2.03 bits per heavy atom. The number of carboxylic acid groups (broad SMARTS) is 2. The fraction of sp³-hybridized carbons (Fsp3) is 0. The lowest BCUT2D eigenvalue weighted by atomic mass is 10.1. The summed E-state index contributed by atoms with van der Waals surface area (Å²) in [5.74, 6) is -2.41. The van der Waals surface area contributed by atoms with Gasteiger partial charge in [-0.2, -0.15) is 0 Å². The van der Waals surface area contributed by atoms with Gasteiger partial charge in [-0.1, -0.05) is 30.3 Å². The largest absolute Gasteiger partial charge is 0.478 e. The van der Waals surface area contributed by atoms with Gasteiger partial charge >= 0.3 is 11.9 Å². The first-order valence-electron chi connectivity index (χ1n) is 8.85. The van der Waals surface area contributed by atoms with E-state index in [4.69, 9.17) is 9.84 Å². The highest BCUT2D eigenvalue weighted by Crippen LogP contribution is 2.25. The van der Waals surface area contributed by atoms with Gasteiger partial charge in [0.2, 0.25) is 5.91 Å². The monoisotopic (exact) mass is 403 g/mol. The third-order valence-corrected chi connectivity index (χ3v) is 4.04. The molecule has 0 heterocycles. The lowest BCUT2D eigenvalue weighted by molar-refractivity contribution is -0.111. The van der Waals surface area contributed by atoms with Crippen LogP contribution in [0.25, 0.3) is 6.08 Å². The smallest absolute Gasteiger partial charge is 0.336 e. The summed E-state index contributed by atoms with van der Waals surface area (Å²) in [6.45, 7) is 0. The molecule has 3 aromatic rings. The minimum absolute atomic E-state index is 0.181. The van der Waals surface area contributed by atoms with Gasteiger partial charge in [-0.25, -0.2) is 9.59 Å². The number of nitrogens with one attached hydrogen (secondary N) is 1. The van der Waals surface area contributed by atoms with E-state index in [2.05, 4.69) is 5.32 Å². The molecule has 0 radical (unpaired) electrons. The molecule has 0 saturated carbocycles. The Bertz CT molecular complexity index is 1100. The van der Waals surface area contributed by atoms with Gasteiger partial charge in [0, 0.05) is 11.8 Å². The van der Waals surface area contributed by atoms with E-state index in [-0.39, 0.29) is 22.8 Å². The normalized spacial score (nSPS) is 10.5. The number of benzene rings is 3. The van der Waals surface area contributed by atoms with Crippen molar-refractivity contribution in [2.24, 2.45) is 0 Å². The zero-order chi connectivity index (χ0) is 21.5. The number of carboxylic acids is 2. The van der Waals surface area contributed by atoms with Crippen molar-refractivity contribution in [1.29, 1.82) is 0 Å². The van der Waals surface area contributed by atoms with Gasteiger partial charge in [0.05, 0.1) is 11.1 Å². The molecule has 3 aromatic carbocycles. The van der Waals surface area contributed by atoms with E-state index in [1.165, 1.54) is 18.2 Å². The molecule has 1 amide bonds. The van der Waals surface area contributed by atoms with Crippen LogP contribution in [0, 0.1) is 0 Å². The molecule has 0 spiro atoms. The minimum atomic E-state index is -1.36. The Kier molecular flexibility index (Phi) is 6.24. The van der Waals surface area contributed by atoms with Gasteiger partial charge in [0.1, 0.15) is 11.5 Å². The summed E-state index contributed by atoms with van der Waals surface area (Å²) < 4.78 is 5.59. The van der Waals surface area contributed by atoms with Crippen molar-refractivity contribution in [3.05, 3.63) is 95.6 Å². The van der Waals surface area contributed by atoms with Crippen LogP contribution in [-0.4, -0.2) is 28.1 Å². The second kappa shape index (κ2) is 9.20. The Morgan fingerprint density at radius 1 is 0.767 bits per heavy atom. The zero-order valence-electron chi connectivity index (χ0n) is 15.6. The predicted octanol–water partition coefficient (Wildman–Crippen LogP) is 4.53. The topological polar surface area (TPSA) is 113 Å². The van der Waals surface area contributed by atoms with Crippen LogP contribution in [0.1, 0.15) is 26.3 Å². The molecule has 7 heteroatoms. The number of rotatable bonds is 7. The molecule has 0 aliphatic carbocycles. The number of ether oxygens (including phenoxy) is 1. The SMILES string of the molecule is O=C(/C=C/c1ccccc1)Nc1ccc(Oc2ccc(C(=O)O)c(C(=O)O)c2)cc1. The maximum absolute atomic E-state index is 12.0. The number of anilines is 1. The summed E-state index contributed by atoms with van der Waals surface area (Å²) >= 11 is 0. The third kappa shape index (κ3) is 5.32. The molecule has 150 valence electrons. The zero-order valence-corrected chi connectivity index (χ0v) is 15.6. The molecule has 0 aliphatic rings. The Labute approximate surface area is 171 Å². The number of hydrogen-bond donors (Lipinski definition) is 3. The maximum atomic E-state index is 12.0. The van der Waals surface area contributed by atoms with Crippen LogP contribution < -0.4 is 10.1 Å². The van der Waals surface area contributed by atoms with Crippen LogP contribution in [0.4, 0.5) is 5.69 Å². The molecular weight excluding hydrogens is 386 g/mol. The highest BCUT2D eigenvalue weighted by Gasteiger charge is 2.17. The highest BCUT2D eigenvalue weighted by atomic mass is 16.5. The van der Waals surface area contributed by atoms with Crippen LogP contribution in [0.5, 0.6) is 11.5 Å². The molecule has 0 bridgehead atoms. The first-order chi connectivity index (χ1) is 14.4. The molecule has 30 heavy (non-hydrogen) atoms. The second-order valence-electron chi connectivity index (χ2n) is 6.18. The lowest BCUT2D eigenvalue weighted by Crippen LogP contribution is -2.08. The van der Waals surface area contributed by atoms with Crippen molar-refractivity contribution in [3.8, 4) is 11.5 Å². The van der Waals surface area contributed by atoms with Crippen molar-refractivity contribution in [3.63, 3.8) is 0 Å². The van der Waals surface area contributed by atoms with Crippen molar-refractivity contribution < 1.29 is 29.3 Å². The van der Waals surface area contributed by atoms with Gasteiger partial charge in [-0.3, -0.25) is 4.79 Å². The Balaban J connectivity index is 1.65. The predicted molar refractivity (Wildman–Crippen MR) is 111 cm³/mol. The molecular formula is C23H17NO6. The number of hydrogen-bond acceptors (Lipinski definition) is 4. The summed E-state index contributed by atoms with van der Waals surface area (Å²) in [6.07, 6.45) is 3.13. The summed E-state index contributed by atoms with van der Waals surface area (Å²) in [6, 6.07) is 19.6. The Morgan fingerprint density at radius 2 is 1.40 bits per heavy atom. The van der Waals surface area contributed by atoms with E-state index >= 15 is 0 Å². The number of carbonyl (C=O) groups is 3. The van der Waals surface area contributed by atoms with Crippen LogP contribution in [0.2, 0.25) is 0 Å². The van der Waals surface area contributed by atoms with E-state index in [1.807, 2.05) is 30.3 Å². The molecule has 0 atom stereocenters. The third-order valence-electron chi connectivity index (χ3n) is 4.04. The van der Waals surface area contributed by atoms with Gasteiger partial charge < -0.3 is 20.3 Å². The van der Waals surface area contributed by atoms with E-state index in [9.17, 15) is 19.5 Å². The van der Waals surface area contributed by atoms with E-state index in [0.717, 1.165) is 11.6 Å². The molecule has 3 N–H and O–H groups in total. The van der Waals surface area contributed by atoms with Crippen LogP contribution in [-0.2, 0) is 4.79 Å². The van der Waals surface area contributed by atoms with Crippen molar-refractivity contribution in [2.45, 2.75) is 0 Å². The molecule has 0 aromatic heterocycles. The summed E-state index contributed by atoms with van der Waals surface area (Å²) in [7, 11) is 0. The summed E-state index contributed by atoms with van der Waals surface area (Å²) in [5, 5.41) is 21.0. The minimum Gasteiger partial charge on any atom is -0.478 e. The van der Waals surface area contributed by atoms with Crippen molar-refractivity contribution in [1.82, 2.24) is 0 Å². The Hall–Kier alpha value is -4.39. The highest BCUT2D eigenvalue weighted by molar-refractivity contribution is 6.02. The van der Waals surface area contributed by atoms with Gasteiger partial charge in [0.25, 0.3) is 0 Å². The standard InChI is InChI=1S/C23H17NO6/c25-21(13-6-15-4-2-1-3-5-15)24-16-7-9-17(10-8-16)30-18-11-12-19(22(26)27)20(14-18)23(28)29/h1-14H,(H,24,25)(H,26,27)(H,28,29)/b13-6+. The maximum Gasteiger partial charge on any atom is 0.336 e. The summed E-state index contributed by atoms with van der Waals surface area (Å²) in [5.41, 5.74) is 0.772. The first kappa shape index (κ1) is 20.3. The number of aromatic carboxylic acids is 2. The van der Waals surface area contributed by atoms with Crippen molar-refractivity contribution >= 4 is 29.6 Å². The molecule has 3 rings (SSSR count). The molecule has 0 aliphatic heterocycles. The van der Waals surface area contributed by atoms with Gasteiger partial charge in [0.15, 0.2) is 0 Å². The van der Waals surface area contributed by atoms with E-state index < -0.39 is 11.9 Å². The number of carbonyl (C=O) groups excluding carboxylic acids is 1. The fourth-order valence-electron chi connectivity index (χ4n) is 2.61. The van der Waals surface area contributed by atoms with Gasteiger partial charge in [-0.05, 0) is 54.1 Å². The van der Waals surface area contributed by atoms with Crippen molar-refractivity contribution in [2.75, 3.05) is 5.32 Å². The van der Waals surface area contributed by atoms with Gasteiger partial charge in [-0.15, -0.1) is 0 Å². The molecule has 7 nitrogen and oxygen atoms in total. The average Bonchev–Trinajstić information content (AvgIpc) is 2.74. The quantitative estimate of drug-likeness (QED) is 0.500. The first-order valence-corrected chi connectivity index (χ1v) is 8.85. The molecule has 0 unspecified atom stereocenters. The second-order valence-corrected chi connectivity index (χ2v) is 6.18. The number of amides is 1. The van der Waals surface area contributed by atoms with E-state index in [0.29, 0.717) is 11.4 Å². The van der Waals surface area contributed by atoms with E-state index in [1.54, 1.807) is 30.3 Å². The van der Waals surface area contributed by atoms with Crippen LogP contribution in [0.15, 0.2) is 78.9 Å².